The maximum absolute atomic E-state index is 13.3. The molecule has 4 rings (SSSR count). The quantitative estimate of drug-likeness (QED) is 0.551. The molecule has 0 aliphatic carbocycles. The highest BCUT2D eigenvalue weighted by Crippen LogP contribution is 2.23. The zero-order valence-corrected chi connectivity index (χ0v) is 19.3. The van der Waals surface area contributed by atoms with Crippen molar-refractivity contribution >= 4 is 57.5 Å². The Labute approximate surface area is 195 Å². The molecule has 166 valence electrons. The summed E-state index contributed by atoms with van der Waals surface area (Å²) in [6.45, 7) is 3.45. The zero-order valence-electron chi connectivity index (χ0n) is 17.7. The Hall–Kier alpha value is -2.97. The average Bonchev–Trinajstić information content (AvgIpc) is 3.20. The first-order chi connectivity index (χ1) is 15.5. The molecule has 0 radical (unpaired) electrons. The summed E-state index contributed by atoms with van der Waals surface area (Å²) in [5.74, 6) is 0.253. The van der Waals surface area contributed by atoms with Crippen LogP contribution in [0.3, 0.4) is 0 Å². The molecule has 1 unspecified atom stereocenters. The number of anilines is 1. The summed E-state index contributed by atoms with van der Waals surface area (Å²) in [6.07, 6.45) is 6.14. The minimum Gasteiger partial charge on any atom is -0.383 e. The Morgan fingerprint density at radius 3 is 2.91 bits per heavy atom. The number of thiophene rings is 1. The smallest absolute Gasteiger partial charge is 0.247 e. The number of aromatic nitrogens is 2. The van der Waals surface area contributed by atoms with Crippen molar-refractivity contribution in [3.8, 4) is 0 Å². The molecule has 1 aliphatic heterocycles. The normalized spacial score (nSPS) is 16.9. The van der Waals surface area contributed by atoms with E-state index in [9.17, 15) is 9.59 Å². The number of fused-ring (bicyclic) bond motifs is 1. The Morgan fingerprint density at radius 2 is 2.16 bits per heavy atom. The summed E-state index contributed by atoms with van der Waals surface area (Å²) in [7, 11) is 0. The van der Waals surface area contributed by atoms with Crippen LogP contribution < -0.4 is 5.73 Å². The first kappa shape index (κ1) is 22.2. The number of hydrogen-bond acceptors (Lipinski definition) is 6. The molecule has 2 aromatic heterocycles. The van der Waals surface area contributed by atoms with Crippen LogP contribution in [0.15, 0.2) is 42.0 Å². The third-order valence-electron chi connectivity index (χ3n) is 5.54. The third kappa shape index (κ3) is 4.76. The maximum atomic E-state index is 13.3. The molecule has 2 N–H and O–H groups in total. The lowest BCUT2D eigenvalue weighted by Gasteiger charge is -2.40. The van der Waals surface area contributed by atoms with E-state index in [1.807, 2.05) is 41.5 Å². The largest absolute Gasteiger partial charge is 0.383 e. The molecule has 1 saturated heterocycles. The minimum atomic E-state index is -0.463. The summed E-state index contributed by atoms with van der Waals surface area (Å²) in [6, 6.07) is 7.10. The van der Waals surface area contributed by atoms with Gasteiger partial charge in [0.25, 0.3) is 0 Å². The van der Waals surface area contributed by atoms with Gasteiger partial charge in [0.1, 0.15) is 18.2 Å². The van der Waals surface area contributed by atoms with Crippen molar-refractivity contribution in [1.29, 1.82) is 0 Å². The number of halogens is 1. The van der Waals surface area contributed by atoms with E-state index in [4.69, 9.17) is 17.3 Å². The molecule has 1 aromatic carbocycles. The first-order valence-corrected chi connectivity index (χ1v) is 11.7. The van der Waals surface area contributed by atoms with E-state index < -0.39 is 6.04 Å². The van der Waals surface area contributed by atoms with E-state index in [0.29, 0.717) is 36.2 Å². The number of carbonyl (C=O) groups is 2. The fourth-order valence-corrected chi connectivity index (χ4v) is 4.79. The van der Waals surface area contributed by atoms with Crippen LogP contribution in [0.25, 0.3) is 17.0 Å². The van der Waals surface area contributed by atoms with Gasteiger partial charge in [0, 0.05) is 31.1 Å². The number of rotatable bonds is 6. The molecule has 1 aliphatic rings. The topological polar surface area (TPSA) is 92.4 Å². The average molecular weight is 470 g/mol. The Morgan fingerprint density at radius 1 is 1.31 bits per heavy atom. The van der Waals surface area contributed by atoms with Crippen molar-refractivity contribution in [2.24, 2.45) is 0 Å². The van der Waals surface area contributed by atoms with Crippen LogP contribution in [-0.2, 0) is 16.1 Å². The number of benzene rings is 1. The van der Waals surface area contributed by atoms with E-state index in [1.54, 1.807) is 11.0 Å². The van der Waals surface area contributed by atoms with Gasteiger partial charge in [-0.2, -0.15) is 0 Å². The van der Waals surface area contributed by atoms with Gasteiger partial charge in [0.2, 0.25) is 11.8 Å². The molecular weight excluding hydrogens is 446 g/mol. The highest BCUT2D eigenvalue weighted by atomic mass is 35.5. The van der Waals surface area contributed by atoms with E-state index >= 15 is 0 Å². The molecule has 32 heavy (non-hydrogen) atoms. The molecule has 0 bridgehead atoms. The van der Waals surface area contributed by atoms with E-state index in [0.717, 1.165) is 28.5 Å². The molecule has 0 saturated carbocycles. The molecule has 3 aromatic rings. The van der Waals surface area contributed by atoms with Crippen molar-refractivity contribution in [2.75, 3.05) is 18.8 Å². The second-order valence-corrected chi connectivity index (χ2v) is 9.27. The second-order valence-electron chi connectivity index (χ2n) is 7.72. The predicted octanol–water partition coefficient (Wildman–Crippen LogP) is 3.98. The van der Waals surface area contributed by atoms with Crippen LogP contribution in [0.2, 0.25) is 4.34 Å². The standard InChI is InChI=1S/C23H24ClN5O2S/c1-2-3-19-23(31)28(12-15-4-6-17-18(10-15)26-14-27-22(17)25)8-9-29(19)21(30)7-5-16-11-20(24)32-13-16/h4-7,10-11,13-14,19H,2-3,8-9,12H2,1H3,(H2,25,26,27)/b7-5+. The third-order valence-corrected chi connectivity index (χ3v) is 6.65. The predicted molar refractivity (Wildman–Crippen MR) is 128 cm³/mol. The summed E-state index contributed by atoms with van der Waals surface area (Å²) in [5.41, 5.74) is 8.50. The van der Waals surface area contributed by atoms with Crippen LogP contribution in [0, 0.1) is 0 Å². The fraction of sp³-hybridized carbons (Fsp3) is 0.304. The van der Waals surface area contributed by atoms with E-state index in [2.05, 4.69) is 9.97 Å². The molecule has 0 spiro atoms. The Bertz CT molecular complexity index is 1180. The molecule has 3 heterocycles. The van der Waals surface area contributed by atoms with Crippen molar-refractivity contribution in [2.45, 2.75) is 32.4 Å². The molecule has 1 atom stereocenters. The lowest BCUT2D eigenvalue weighted by Crippen LogP contribution is -2.58. The summed E-state index contributed by atoms with van der Waals surface area (Å²) in [5, 5.41) is 2.68. The molecular formula is C23H24ClN5O2S. The zero-order chi connectivity index (χ0) is 22.7. The Balaban J connectivity index is 1.48. The number of nitrogens with two attached hydrogens (primary N) is 1. The number of carbonyl (C=O) groups excluding carboxylic acids is 2. The van der Waals surface area contributed by atoms with Crippen LogP contribution in [-0.4, -0.2) is 50.7 Å². The van der Waals surface area contributed by atoms with Crippen LogP contribution in [0.4, 0.5) is 5.82 Å². The number of piperazine rings is 1. The van der Waals surface area contributed by atoms with Crippen molar-refractivity contribution < 1.29 is 9.59 Å². The summed E-state index contributed by atoms with van der Waals surface area (Å²) < 4.78 is 0.674. The van der Waals surface area contributed by atoms with E-state index in [-0.39, 0.29) is 11.8 Å². The van der Waals surface area contributed by atoms with Gasteiger partial charge in [-0.05, 0) is 47.2 Å². The van der Waals surface area contributed by atoms with Gasteiger partial charge in [0.05, 0.1) is 9.85 Å². The van der Waals surface area contributed by atoms with Crippen molar-refractivity contribution in [1.82, 2.24) is 19.8 Å². The van der Waals surface area contributed by atoms with Gasteiger partial charge in [0.15, 0.2) is 0 Å². The number of hydrogen-bond donors (Lipinski definition) is 1. The lowest BCUT2D eigenvalue weighted by molar-refractivity contribution is -0.150. The van der Waals surface area contributed by atoms with Crippen molar-refractivity contribution in [3.05, 3.63) is 57.5 Å². The SMILES string of the molecule is CCCC1C(=O)N(Cc2ccc3c(N)ncnc3c2)CCN1C(=O)/C=C/c1csc(Cl)c1. The van der Waals surface area contributed by atoms with Gasteiger partial charge in [-0.3, -0.25) is 9.59 Å². The maximum Gasteiger partial charge on any atom is 0.247 e. The Kier molecular flexibility index (Phi) is 6.72. The molecule has 9 heteroatoms. The molecule has 1 fully saturated rings. The fourth-order valence-electron chi connectivity index (χ4n) is 3.93. The summed E-state index contributed by atoms with van der Waals surface area (Å²) >= 11 is 7.37. The van der Waals surface area contributed by atoms with Crippen LogP contribution in [0.5, 0.6) is 0 Å². The van der Waals surface area contributed by atoms with E-state index in [1.165, 1.54) is 23.7 Å². The highest BCUT2D eigenvalue weighted by Gasteiger charge is 2.36. The van der Waals surface area contributed by atoms with Gasteiger partial charge < -0.3 is 15.5 Å². The van der Waals surface area contributed by atoms with Gasteiger partial charge >= 0.3 is 0 Å². The second kappa shape index (κ2) is 9.67. The van der Waals surface area contributed by atoms with Gasteiger partial charge in [-0.1, -0.05) is 31.0 Å². The highest BCUT2D eigenvalue weighted by molar-refractivity contribution is 7.14. The van der Waals surface area contributed by atoms with Gasteiger partial charge in [-0.15, -0.1) is 11.3 Å². The first-order valence-electron chi connectivity index (χ1n) is 10.5. The minimum absolute atomic E-state index is 0.0271. The monoisotopic (exact) mass is 469 g/mol. The number of nitrogens with zero attached hydrogens (tertiary/aromatic N) is 4. The van der Waals surface area contributed by atoms with Crippen LogP contribution in [0.1, 0.15) is 30.9 Å². The number of amides is 2. The summed E-state index contributed by atoms with van der Waals surface area (Å²) in [4.78, 5) is 37.9. The molecule has 2 amide bonds. The van der Waals surface area contributed by atoms with Gasteiger partial charge in [-0.25, -0.2) is 9.97 Å². The molecule has 7 nitrogen and oxygen atoms in total. The lowest BCUT2D eigenvalue weighted by atomic mass is 10.0. The van der Waals surface area contributed by atoms with Crippen molar-refractivity contribution in [3.63, 3.8) is 0 Å². The number of nitrogen functional groups attached to an aromatic ring is 1. The van der Waals surface area contributed by atoms with Crippen LogP contribution >= 0.6 is 22.9 Å².